The molecule has 0 saturated heterocycles. The highest BCUT2D eigenvalue weighted by molar-refractivity contribution is 6.11. The van der Waals surface area contributed by atoms with Crippen molar-refractivity contribution in [3.05, 3.63) is 0 Å². The SMILES string of the molecule is CCOC(=O)[C@@H]1C(=O)CC(=O)[C@H]2CCCC[C@@H]12. The first-order valence-electron chi connectivity index (χ1n) is 6.37. The van der Waals surface area contributed by atoms with E-state index in [9.17, 15) is 14.4 Å². The van der Waals surface area contributed by atoms with Crippen molar-refractivity contribution in [1.82, 2.24) is 0 Å². The summed E-state index contributed by atoms with van der Waals surface area (Å²) in [5, 5.41) is 0. The molecule has 94 valence electrons. The van der Waals surface area contributed by atoms with Crippen LogP contribution in [0.15, 0.2) is 0 Å². The predicted molar refractivity (Wildman–Crippen MR) is 60.2 cm³/mol. The molecule has 2 fully saturated rings. The molecule has 0 heterocycles. The van der Waals surface area contributed by atoms with E-state index in [0.717, 1.165) is 25.7 Å². The Morgan fingerprint density at radius 3 is 2.65 bits per heavy atom. The number of hydrogen-bond acceptors (Lipinski definition) is 4. The van der Waals surface area contributed by atoms with E-state index in [0.29, 0.717) is 0 Å². The smallest absolute Gasteiger partial charge is 0.316 e. The largest absolute Gasteiger partial charge is 0.465 e. The van der Waals surface area contributed by atoms with Crippen LogP contribution in [0, 0.1) is 17.8 Å². The number of rotatable bonds is 2. The number of ether oxygens (including phenoxy) is 1. The Hall–Kier alpha value is -1.19. The second-order valence-electron chi connectivity index (χ2n) is 4.89. The van der Waals surface area contributed by atoms with Crippen LogP contribution in [0.5, 0.6) is 0 Å². The zero-order valence-electron chi connectivity index (χ0n) is 10.1. The van der Waals surface area contributed by atoms with Gasteiger partial charge in [0.25, 0.3) is 0 Å². The third-order valence-electron chi connectivity index (χ3n) is 3.90. The van der Waals surface area contributed by atoms with Crippen molar-refractivity contribution < 1.29 is 19.1 Å². The third kappa shape index (κ3) is 2.26. The van der Waals surface area contributed by atoms with Gasteiger partial charge in [-0.05, 0) is 25.7 Å². The zero-order chi connectivity index (χ0) is 12.4. The number of hydrogen-bond donors (Lipinski definition) is 0. The van der Waals surface area contributed by atoms with Gasteiger partial charge in [-0.15, -0.1) is 0 Å². The molecule has 2 aliphatic rings. The summed E-state index contributed by atoms with van der Waals surface area (Å²) in [6.07, 6.45) is 3.57. The fraction of sp³-hybridized carbons (Fsp3) is 0.769. The molecule has 4 heteroatoms. The molecular formula is C13H18O4. The minimum Gasteiger partial charge on any atom is -0.465 e. The molecule has 2 rings (SSSR count). The molecule has 4 nitrogen and oxygen atoms in total. The Labute approximate surface area is 101 Å². The Kier molecular flexibility index (Phi) is 3.60. The molecule has 0 amide bonds. The molecule has 17 heavy (non-hydrogen) atoms. The Morgan fingerprint density at radius 2 is 1.94 bits per heavy atom. The van der Waals surface area contributed by atoms with E-state index < -0.39 is 11.9 Å². The van der Waals surface area contributed by atoms with Gasteiger partial charge >= 0.3 is 5.97 Å². The van der Waals surface area contributed by atoms with Crippen LogP contribution in [0.25, 0.3) is 0 Å². The zero-order valence-corrected chi connectivity index (χ0v) is 10.1. The fourth-order valence-electron chi connectivity index (χ4n) is 3.15. The summed E-state index contributed by atoms with van der Waals surface area (Å²) in [6.45, 7) is 2.02. The standard InChI is InChI=1S/C13H18O4/c1-2-17-13(16)12-9-6-4-3-5-8(9)10(14)7-11(12)15/h8-9,12H,2-7H2,1H3/t8-,9+,12-/m0/s1. The molecule has 0 bridgehead atoms. The average molecular weight is 238 g/mol. The summed E-state index contributed by atoms with van der Waals surface area (Å²) < 4.78 is 4.96. The summed E-state index contributed by atoms with van der Waals surface area (Å²) in [7, 11) is 0. The van der Waals surface area contributed by atoms with Gasteiger partial charge in [0.2, 0.25) is 0 Å². The Morgan fingerprint density at radius 1 is 1.24 bits per heavy atom. The van der Waals surface area contributed by atoms with E-state index in [1.165, 1.54) is 0 Å². The maximum Gasteiger partial charge on any atom is 0.316 e. The topological polar surface area (TPSA) is 60.4 Å². The van der Waals surface area contributed by atoms with Gasteiger partial charge in [0.15, 0.2) is 5.78 Å². The van der Waals surface area contributed by atoms with Crippen LogP contribution in [0.2, 0.25) is 0 Å². The minimum atomic E-state index is -0.682. The Bertz CT molecular complexity index is 347. The van der Waals surface area contributed by atoms with Gasteiger partial charge in [0.1, 0.15) is 11.7 Å². The van der Waals surface area contributed by atoms with Crippen LogP contribution in [0.1, 0.15) is 39.0 Å². The lowest BCUT2D eigenvalue weighted by Crippen LogP contribution is -2.46. The molecule has 0 N–H and O–H groups in total. The summed E-state index contributed by atoms with van der Waals surface area (Å²) in [5.41, 5.74) is 0. The lowest BCUT2D eigenvalue weighted by molar-refractivity contribution is -0.159. The third-order valence-corrected chi connectivity index (χ3v) is 3.90. The normalized spacial score (nSPS) is 33.1. The number of carbonyl (C=O) groups is 3. The van der Waals surface area contributed by atoms with Gasteiger partial charge in [-0.1, -0.05) is 12.8 Å². The molecule has 2 saturated carbocycles. The molecule has 0 spiro atoms. The van der Waals surface area contributed by atoms with Crippen LogP contribution in [-0.4, -0.2) is 24.1 Å². The summed E-state index contributed by atoms with van der Waals surface area (Å²) in [5.74, 6) is -1.51. The van der Waals surface area contributed by atoms with E-state index in [2.05, 4.69) is 0 Å². The highest BCUT2D eigenvalue weighted by Crippen LogP contribution is 2.41. The molecule has 0 aromatic heterocycles. The summed E-state index contributed by atoms with van der Waals surface area (Å²) in [6, 6.07) is 0. The van der Waals surface area contributed by atoms with Crippen molar-refractivity contribution in [2.24, 2.45) is 17.8 Å². The lowest BCUT2D eigenvalue weighted by atomic mass is 9.64. The molecule has 0 radical (unpaired) electrons. The number of Topliss-reactive ketones (excluding diaryl/α,β-unsaturated/α-hetero) is 2. The highest BCUT2D eigenvalue weighted by Gasteiger charge is 2.48. The minimum absolute atomic E-state index is 0.0280. The summed E-state index contributed by atoms with van der Waals surface area (Å²) >= 11 is 0. The maximum atomic E-state index is 11.9. The second-order valence-corrected chi connectivity index (χ2v) is 4.89. The average Bonchev–Trinajstić information content (AvgIpc) is 2.29. The first-order chi connectivity index (χ1) is 8.15. The van der Waals surface area contributed by atoms with E-state index in [1.54, 1.807) is 6.92 Å². The van der Waals surface area contributed by atoms with Crippen LogP contribution in [0.4, 0.5) is 0 Å². The Balaban J connectivity index is 2.20. The molecule has 0 aliphatic heterocycles. The van der Waals surface area contributed by atoms with Crippen LogP contribution in [-0.2, 0) is 19.1 Å². The van der Waals surface area contributed by atoms with Crippen molar-refractivity contribution in [2.75, 3.05) is 6.61 Å². The van der Waals surface area contributed by atoms with Gasteiger partial charge in [-0.25, -0.2) is 0 Å². The van der Waals surface area contributed by atoms with Crippen LogP contribution < -0.4 is 0 Å². The van der Waals surface area contributed by atoms with E-state index in [4.69, 9.17) is 4.74 Å². The second kappa shape index (κ2) is 4.98. The number of fused-ring (bicyclic) bond motifs is 1. The van der Waals surface area contributed by atoms with Crippen molar-refractivity contribution in [3.63, 3.8) is 0 Å². The van der Waals surface area contributed by atoms with Crippen molar-refractivity contribution in [2.45, 2.75) is 39.0 Å². The first kappa shape index (κ1) is 12.3. The van der Waals surface area contributed by atoms with Crippen molar-refractivity contribution in [1.29, 1.82) is 0 Å². The summed E-state index contributed by atoms with van der Waals surface area (Å²) in [4.78, 5) is 35.5. The maximum absolute atomic E-state index is 11.9. The molecular weight excluding hydrogens is 220 g/mol. The van der Waals surface area contributed by atoms with Gasteiger partial charge in [0, 0.05) is 5.92 Å². The number of ketones is 2. The number of carbonyl (C=O) groups excluding carboxylic acids is 3. The molecule has 2 aliphatic carbocycles. The first-order valence-corrected chi connectivity index (χ1v) is 6.37. The quantitative estimate of drug-likeness (QED) is 0.540. The molecule has 3 atom stereocenters. The predicted octanol–water partition coefficient (Wildman–Crippen LogP) is 1.51. The lowest BCUT2D eigenvalue weighted by Gasteiger charge is -2.37. The van der Waals surface area contributed by atoms with Gasteiger partial charge in [-0.3, -0.25) is 14.4 Å². The van der Waals surface area contributed by atoms with E-state index >= 15 is 0 Å². The van der Waals surface area contributed by atoms with Crippen LogP contribution in [0.3, 0.4) is 0 Å². The number of esters is 1. The van der Waals surface area contributed by atoms with Gasteiger partial charge in [-0.2, -0.15) is 0 Å². The molecule has 0 unspecified atom stereocenters. The van der Waals surface area contributed by atoms with Crippen molar-refractivity contribution in [3.8, 4) is 0 Å². The molecule has 0 aromatic carbocycles. The molecule has 0 aromatic rings. The van der Waals surface area contributed by atoms with Gasteiger partial charge in [0.05, 0.1) is 13.0 Å². The monoisotopic (exact) mass is 238 g/mol. The van der Waals surface area contributed by atoms with Crippen molar-refractivity contribution >= 4 is 17.5 Å². The van der Waals surface area contributed by atoms with E-state index in [1.807, 2.05) is 0 Å². The van der Waals surface area contributed by atoms with E-state index in [-0.39, 0.29) is 36.4 Å². The van der Waals surface area contributed by atoms with Gasteiger partial charge < -0.3 is 4.74 Å². The highest BCUT2D eigenvalue weighted by atomic mass is 16.5. The fourth-order valence-corrected chi connectivity index (χ4v) is 3.15. The van der Waals surface area contributed by atoms with Crippen LogP contribution >= 0.6 is 0 Å².